The summed E-state index contributed by atoms with van der Waals surface area (Å²) in [5.41, 5.74) is 0.0538. The second kappa shape index (κ2) is 5.86. The van der Waals surface area contributed by atoms with Crippen molar-refractivity contribution in [3.63, 3.8) is 0 Å². The molecule has 2 aliphatic heterocycles. The molecule has 0 bridgehead atoms. The molecule has 0 aromatic rings. The van der Waals surface area contributed by atoms with E-state index in [0.717, 1.165) is 52.0 Å². The van der Waals surface area contributed by atoms with Crippen molar-refractivity contribution in [3.8, 4) is 0 Å². The predicted octanol–water partition coefficient (Wildman–Crippen LogP) is 0.475. The number of rotatable bonds is 4. The van der Waals surface area contributed by atoms with Gasteiger partial charge in [-0.2, -0.15) is 0 Å². The van der Waals surface area contributed by atoms with Gasteiger partial charge in [-0.3, -0.25) is 0 Å². The minimum atomic E-state index is -3.15. The van der Waals surface area contributed by atoms with Crippen molar-refractivity contribution < 1.29 is 13.2 Å². The van der Waals surface area contributed by atoms with Gasteiger partial charge in [0.05, 0.1) is 5.25 Å². The molecule has 0 aliphatic carbocycles. The largest absolute Gasteiger partial charge is 0.381 e. The zero-order chi connectivity index (χ0) is 13.1. The molecule has 0 radical (unpaired) electrons. The molecule has 106 valence electrons. The summed E-state index contributed by atoms with van der Waals surface area (Å²) in [4.78, 5) is 0. The van der Waals surface area contributed by atoms with Crippen LogP contribution in [0.25, 0.3) is 0 Å². The number of hydrogen-bond acceptors (Lipinski definition) is 4. The first-order chi connectivity index (χ1) is 8.52. The van der Waals surface area contributed by atoms with Crippen molar-refractivity contribution in [3.05, 3.63) is 0 Å². The van der Waals surface area contributed by atoms with Gasteiger partial charge in [-0.1, -0.05) is 6.92 Å². The first kappa shape index (κ1) is 14.2. The lowest BCUT2D eigenvalue weighted by atomic mass is 9.83. The molecule has 0 saturated carbocycles. The third-order valence-corrected chi connectivity index (χ3v) is 6.02. The summed E-state index contributed by atoms with van der Waals surface area (Å²) in [7, 11) is -3.15. The minimum absolute atomic E-state index is 0.0538. The Bertz CT molecular complexity index is 358. The van der Waals surface area contributed by atoms with Crippen LogP contribution in [-0.2, 0) is 14.8 Å². The molecule has 2 fully saturated rings. The molecule has 0 aromatic heterocycles. The van der Waals surface area contributed by atoms with Gasteiger partial charge in [0, 0.05) is 19.8 Å². The smallest absolute Gasteiger partial charge is 0.214 e. The molecule has 2 saturated heterocycles. The van der Waals surface area contributed by atoms with Gasteiger partial charge in [0.15, 0.2) is 0 Å². The Hall–Kier alpha value is -0.170. The Morgan fingerprint density at radius 3 is 2.50 bits per heavy atom. The highest BCUT2D eigenvalue weighted by atomic mass is 32.2. The van der Waals surface area contributed by atoms with Crippen LogP contribution >= 0.6 is 0 Å². The molecule has 2 aliphatic rings. The van der Waals surface area contributed by atoms with E-state index < -0.39 is 10.0 Å². The van der Waals surface area contributed by atoms with E-state index >= 15 is 0 Å². The Morgan fingerprint density at radius 2 is 1.89 bits per heavy atom. The SMILES string of the molecule is CC1(CNS(=O)(=O)C2CCNCC2)CCOCC1. The molecule has 0 amide bonds. The highest BCUT2D eigenvalue weighted by molar-refractivity contribution is 7.90. The molecule has 18 heavy (non-hydrogen) atoms. The standard InChI is InChI=1S/C12H24N2O3S/c1-12(4-8-17-9-5-12)10-14-18(15,16)11-2-6-13-7-3-11/h11,13-14H,2-10H2,1H3. The third-order valence-electron chi connectivity index (χ3n) is 4.13. The average Bonchev–Trinajstić information content (AvgIpc) is 2.39. The Labute approximate surface area is 110 Å². The van der Waals surface area contributed by atoms with Gasteiger partial charge in [-0.15, -0.1) is 0 Å². The van der Waals surface area contributed by atoms with Crippen molar-refractivity contribution in [2.75, 3.05) is 32.8 Å². The van der Waals surface area contributed by atoms with Gasteiger partial charge >= 0.3 is 0 Å². The van der Waals surface area contributed by atoms with Gasteiger partial charge in [-0.25, -0.2) is 13.1 Å². The maximum Gasteiger partial charge on any atom is 0.214 e. The molecular weight excluding hydrogens is 252 g/mol. The second-order valence-electron chi connectivity index (χ2n) is 5.74. The van der Waals surface area contributed by atoms with E-state index in [1.807, 2.05) is 0 Å². The van der Waals surface area contributed by atoms with E-state index in [4.69, 9.17) is 4.74 Å². The quantitative estimate of drug-likeness (QED) is 0.783. The summed E-state index contributed by atoms with van der Waals surface area (Å²) in [5.74, 6) is 0. The number of hydrogen-bond donors (Lipinski definition) is 2. The van der Waals surface area contributed by atoms with E-state index in [2.05, 4.69) is 17.0 Å². The van der Waals surface area contributed by atoms with Gasteiger partial charge in [-0.05, 0) is 44.2 Å². The highest BCUT2D eigenvalue weighted by Gasteiger charge is 2.32. The van der Waals surface area contributed by atoms with Crippen molar-refractivity contribution in [2.45, 2.75) is 37.9 Å². The van der Waals surface area contributed by atoms with Crippen LogP contribution in [0.1, 0.15) is 32.6 Å². The fraction of sp³-hybridized carbons (Fsp3) is 1.00. The van der Waals surface area contributed by atoms with Crippen molar-refractivity contribution in [2.24, 2.45) is 5.41 Å². The van der Waals surface area contributed by atoms with Crippen LogP contribution in [-0.4, -0.2) is 46.5 Å². The summed E-state index contributed by atoms with van der Waals surface area (Å²) in [6, 6.07) is 0. The molecule has 2 heterocycles. The minimum Gasteiger partial charge on any atom is -0.381 e. The fourth-order valence-electron chi connectivity index (χ4n) is 2.54. The lowest BCUT2D eigenvalue weighted by molar-refractivity contribution is 0.0264. The van der Waals surface area contributed by atoms with E-state index in [0.29, 0.717) is 6.54 Å². The maximum atomic E-state index is 12.2. The predicted molar refractivity (Wildman–Crippen MR) is 71.0 cm³/mol. The molecular formula is C12H24N2O3S. The maximum absolute atomic E-state index is 12.2. The molecule has 0 aromatic carbocycles. The number of sulfonamides is 1. The summed E-state index contributed by atoms with van der Waals surface area (Å²) in [5, 5.41) is 2.97. The van der Waals surface area contributed by atoms with Crippen LogP contribution in [0.15, 0.2) is 0 Å². The number of piperidine rings is 1. The second-order valence-corrected chi connectivity index (χ2v) is 7.78. The first-order valence-corrected chi connectivity index (χ1v) is 8.33. The van der Waals surface area contributed by atoms with Crippen molar-refractivity contribution in [1.29, 1.82) is 0 Å². The molecule has 0 unspecified atom stereocenters. The first-order valence-electron chi connectivity index (χ1n) is 6.79. The summed E-state index contributed by atoms with van der Waals surface area (Å²) < 4.78 is 32.6. The van der Waals surface area contributed by atoms with Crippen molar-refractivity contribution >= 4 is 10.0 Å². The van der Waals surface area contributed by atoms with Gasteiger partial charge in [0.2, 0.25) is 10.0 Å². The number of nitrogens with one attached hydrogen (secondary N) is 2. The van der Waals surface area contributed by atoms with Crippen LogP contribution in [0.3, 0.4) is 0 Å². The lowest BCUT2D eigenvalue weighted by Crippen LogP contribution is -2.45. The molecule has 0 atom stereocenters. The van der Waals surface area contributed by atoms with E-state index in [-0.39, 0.29) is 10.7 Å². The summed E-state index contributed by atoms with van der Waals surface area (Å²) in [6.45, 7) is 5.77. The Balaban J connectivity index is 1.87. The summed E-state index contributed by atoms with van der Waals surface area (Å²) in [6.07, 6.45) is 3.30. The van der Waals surface area contributed by atoms with E-state index in [1.165, 1.54) is 0 Å². The lowest BCUT2D eigenvalue weighted by Gasteiger charge is -2.34. The molecule has 2 rings (SSSR count). The zero-order valence-electron chi connectivity index (χ0n) is 11.1. The van der Waals surface area contributed by atoms with Crippen LogP contribution in [0.2, 0.25) is 0 Å². The zero-order valence-corrected chi connectivity index (χ0v) is 11.9. The summed E-state index contributed by atoms with van der Waals surface area (Å²) >= 11 is 0. The monoisotopic (exact) mass is 276 g/mol. The average molecular weight is 276 g/mol. The van der Waals surface area contributed by atoms with E-state index in [9.17, 15) is 8.42 Å². The molecule has 6 heteroatoms. The van der Waals surface area contributed by atoms with E-state index in [1.54, 1.807) is 0 Å². The third kappa shape index (κ3) is 3.66. The molecule has 0 spiro atoms. The van der Waals surface area contributed by atoms with Crippen LogP contribution in [0.4, 0.5) is 0 Å². The van der Waals surface area contributed by atoms with Gasteiger partial charge in [0.1, 0.15) is 0 Å². The van der Waals surface area contributed by atoms with Gasteiger partial charge in [0.25, 0.3) is 0 Å². The topological polar surface area (TPSA) is 67.4 Å². The van der Waals surface area contributed by atoms with Crippen LogP contribution in [0.5, 0.6) is 0 Å². The van der Waals surface area contributed by atoms with Crippen molar-refractivity contribution in [1.82, 2.24) is 10.0 Å². The molecule has 5 nitrogen and oxygen atoms in total. The van der Waals surface area contributed by atoms with Crippen LogP contribution in [0, 0.1) is 5.41 Å². The Morgan fingerprint density at radius 1 is 1.28 bits per heavy atom. The van der Waals surface area contributed by atoms with Gasteiger partial charge < -0.3 is 10.1 Å². The van der Waals surface area contributed by atoms with Crippen LogP contribution < -0.4 is 10.0 Å². The molecule has 2 N–H and O–H groups in total. The normalized spacial score (nSPS) is 26.1. The number of ether oxygens (including phenoxy) is 1. The fourth-order valence-corrected chi connectivity index (χ4v) is 4.18. The highest BCUT2D eigenvalue weighted by Crippen LogP contribution is 2.29. The Kier molecular flexibility index (Phi) is 4.64.